The van der Waals surface area contributed by atoms with Crippen molar-refractivity contribution in [2.45, 2.75) is 19.1 Å². The van der Waals surface area contributed by atoms with Crippen LogP contribution in [0.15, 0.2) is 48.5 Å². The lowest BCUT2D eigenvalue weighted by Gasteiger charge is -2.22. The Kier molecular flexibility index (Phi) is 5.56. The lowest BCUT2D eigenvalue weighted by molar-refractivity contribution is -0.158. The Morgan fingerprint density at radius 3 is 2.42 bits per heavy atom. The van der Waals surface area contributed by atoms with Crippen LogP contribution in [0.2, 0.25) is 0 Å². The van der Waals surface area contributed by atoms with E-state index in [1.54, 1.807) is 13.0 Å². The Labute approximate surface area is 136 Å². The normalized spacial score (nSPS) is 12.7. The maximum Gasteiger partial charge on any atom is 0.407 e. The molecule has 0 aromatic heterocycles. The second-order valence-electron chi connectivity index (χ2n) is 5.27. The molecule has 24 heavy (non-hydrogen) atoms. The molecule has 0 heterocycles. The van der Waals surface area contributed by atoms with Gasteiger partial charge in [-0.15, -0.1) is 0 Å². The number of rotatable bonds is 5. The number of hydrogen-bond acceptors (Lipinski definition) is 2. The number of carbonyl (C=O) groups is 1. The van der Waals surface area contributed by atoms with E-state index in [1.807, 2.05) is 0 Å². The van der Waals surface area contributed by atoms with Gasteiger partial charge in [0.1, 0.15) is 11.9 Å². The first-order chi connectivity index (χ1) is 11.3. The van der Waals surface area contributed by atoms with E-state index in [9.17, 15) is 22.4 Å². The van der Waals surface area contributed by atoms with Crippen molar-refractivity contribution < 1.29 is 22.4 Å². The van der Waals surface area contributed by atoms with Crippen molar-refractivity contribution in [3.05, 3.63) is 65.5 Å². The number of halogens is 4. The van der Waals surface area contributed by atoms with Crippen molar-refractivity contribution in [2.75, 3.05) is 11.9 Å². The van der Waals surface area contributed by atoms with Crippen LogP contribution >= 0.6 is 0 Å². The average molecular weight is 340 g/mol. The van der Waals surface area contributed by atoms with Gasteiger partial charge < -0.3 is 5.32 Å². The highest BCUT2D eigenvalue weighted by atomic mass is 19.4. The minimum atomic E-state index is -4.55. The van der Waals surface area contributed by atoms with Crippen molar-refractivity contribution in [1.29, 1.82) is 0 Å². The van der Waals surface area contributed by atoms with E-state index in [-0.39, 0.29) is 11.3 Å². The van der Waals surface area contributed by atoms with Crippen LogP contribution in [0.3, 0.4) is 0 Å². The first-order valence-corrected chi connectivity index (χ1v) is 7.18. The van der Waals surface area contributed by atoms with Crippen LogP contribution in [-0.2, 0) is 4.79 Å². The van der Waals surface area contributed by atoms with E-state index < -0.39 is 30.5 Å². The number of aryl methyl sites for hydroxylation is 1. The molecule has 7 heteroatoms. The third-order valence-corrected chi connectivity index (χ3v) is 3.40. The van der Waals surface area contributed by atoms with Crippen LogP contribution in [0.25, 0.3) is 0 Å². The molecule has 2 aromatic rings. The number of alkyl halides is 3. The summed E-state index contributed by atoms with van der Waals surface area (Å²) >= 11 is 0. The lowest BCUT2D eigenvalue weighted by atomic mass is 10.1. The van der Waals surface area contributed by atoms with E-state index in [0.717, 1.165) is 6.07 Å². The first-order valence-electron chi connectivity index (χ1n) is 7.18. The molecule has 0 aliphatic carbocycles. The molecule has 0 aliphatic heterocycles. The van der Waals surface area contributed by atoms with Gasteiger partial charge in [-0.05, 0) is 30.2 Å². The lowest BCUT2D eigenvalue weighted by Crippen LogP contribution is -2.38. The number of nitrogens with one attached hydrogen (secondary N) is 2. The molecule has 2 N–H and O–H groups in total. The van der Waals surface area contributed by atoms with Gasteiger partial charge in [0.05, 0.1) is 6.54 Å². The first kappa shape index (κ1) is 17.9. The number of hydrogen-bond donors (Lipinski definition) is 2. The Hall–Kier alpha value is -2.41. The molecule has 2 aromatic carbocycles. The van der Waals surface area contributed by atoms with Gasteiger partial charge in [-0.3, -0.25) is 10.1 Å². The van der Waals surface area contributed by atoms with Gasteiger partial charge in [0.15, 0.2) is 0 Å². The van der Waals surface area contributed by atoms with E-state index in [2.05, 4.69) is 10.6 Å². The fourth-order valence-electron chi connectivity index (χ4n) is 2.19. The predicted octanol–water partition coefficient (Wildman–Crippen LogP) is 3.97. The van der Waals surface area contributed by atoms with E-state index in [4.69, 9.17) is 0 Å². The molecule has 0 bridgehead atoms. The third-order valence-electron chi connectivity index (χ3n) is 3.40. The monoisotopic (exact) mass is 340 g/mol. The highest BCUT2D eigenvalue weighted by molar-refractivity contribution is 5.93. The molecule has 1 atom stereocenters. The summed E-state index contributed by atoms with van der Waals surface area (Å²) in [7, 11) is 0. The summed E-state index contributed by atoms with van der Waals surface area (Å²) in [6.07, 6.45) is -4.55. The number of anilines is 1. The molecular formula is C17H16F4N2O. The van der Waals surface area contributed by atoms with Crippen molar-refractivity contribution in [3.8, 4) is 0 Å². The van der Waals surface area contributed by atoms with E-state index >= 15 is 0 Å². The van der Waals surface area contributed by atoms with Crippen LogP contribution < -0.4 is 10.6 Å². The minimum Gasteiger partial charge on any atom is -0.325 e. The molecule has 0 saturated carbocycles. The highest BCUT2D eigenvalue weighted by Gasteiger charge is 2.40. The molecule has 0 spiro atoms. The Balaban J connectivity index is 2.04. The molecule has 0 aliphatic rings. The predicted molar refractivity (Wildman–Crippen MR) is 83.0 cm³/mol. The zero-order chi connectivity index (χ0) is 17.7. The maximum atomic E-state index is 13.2. The van der Waals surface area contributed by atoms with Gasteiger partial charge in [0, 0.05) is 5.69 Å². The summed E-state index contributed by atoms with van der Waals surface area (Å²) in [6, 6.07) is 9.12. The number of amides is 1. The van der Waals surface area contributed by atoms with Gasteiger partial charge in [-0.1, -0.05) is 36.4 Å². The van der Waals surface area contributed by atoms with Gasteiger partial charge in [-0.2, -0.15) is 13.2 Å². The molecule has 1 amide bonds. The maximum absolute atomic E-state index is 13.2. The molecule has 0 fully saturated rings. The summed E-state index contributed by atoms with van der Waals surface area (Å²) < 4.78 is 52.6. The van der Waals surface area contributed by atoms with Crippen LogP contribution in [0, 0.1) is 12.7 Å². The smallest absolute Gasteiger partial charge is 0.325 e. The van der Waals surface area contributed by atoms with E-state index in [1.165, 1.54) is 36.4 Å². The van der Waals surface area contributed by atoms with Gasteiger partial charge in [0.25, 0.3) is 0 Å². The highest BCUT2D eigenvalue weighted by Crippen LogP contribution is 2.32. The average Bonchev–Trinajstić information content (AvgIpc) is 2.51. The molecule has 0 unspecified atom stereocenters. The van der Waals surface area contributed by atoms with Gasteiger partial charge >= 0.3 is 6.18 Å². The molecular weight excluding hydrogens is 324 g/mol. The van der Waals surface area contributed by atoms with Crippen molar-refractivity contribution in [3.63, 3.8) is 0 Å². The summed E-state index contributed by atoms with van der Waals surface area (Å²) in [6.45, 7) is 1.10. The van der Waals surface area contributed by atoms with Crippen LogP contribution in [0.4, 0.5) is 23.2 Å². The number of benzene rings is 2. The van der Waals surface area contributed by atoms with Gasteiger partial charge in [0.2, 0.25) is 5.91 Å². The van der Waals surface area contributed by atoms with Crippen molar-refractivity contribution >= 4 is 11.6 Å². The number of carbonyl (C=O) groups excluding carboxylic acids is 1. The Bertz CT molecular complexity index is 701. The zero-order valence-electron chi connectivity index (χ0n) is 12.8. The SMILES string of the molecule is Cc1ccc(F)cc1NC(=O)CN[C@H](c1ccccc1)C(F)(F)F. The summed E-state index contributed by atoms with van der Waals surface area (Å²) in [5.41, 5.74) is 0.852. The fraction of sp³-hybridized carbons (Fsp3) is 0.235. The van der Waals surface area contributed by atoms with Crippen LogP contribution in [0.1, 0.15) is 17.2 Å². The minimum absolute atomic E-state index is 0.0136. The van der Waals surface area contributed by atoms with Crippen LogP contribution in [-0.4, -0.2) is 18.6 Å². The summed E-state index contributed by atoms with van der Waals surface area (Å²) in [5.74, 6) is -1.23. The van der Waals surface area contributed by atoms with Gasteiger partial charge in [-0.25, -0.2) is 4.39 Å². The molecule has 2 rings (SSSR count). The second kappa shape index (κ2) is 7.44. The van der Waals surface area contributed by atoms with Crippen LogP contribution in [0.5, 0.6) is 0 Å². The Morgan fingerprint density at radius 2 is 1.79 bits per heavy atom. The zero-order valence-corrected chi connectivity index (χ0v) is 12.8. The fourth-order valence-corrected chi connectivity index (χ4v) is 2.19. The Morgan fingerprint density at radius 1 is 1.12 bits per heavy atom. The molecule has 3 nitrogen and oxygen atoms in total. The quantitative estimate of drug-likeness (QED) is 0.809. The molecule has 0 saturated heterocycles. The third kappa shape index (κ3) is 4.79. The van der Waals surface area contributed by atoms with Crippen molar-refractivity contribution in [1.82, 2.24) is 5.32 Å². The standard InChI is InChI=1S/C17H16F4N2O/c1-11-7-8-13(18)9-14(11)23-15(24)10-22-16(17(19,20)21)12-5-3-2-4-6-12/h2-9,16,22H,10H2,1H3,(H,23,24)/t16-/m1/s1. The second-order valence-corrected chi connectivity index (χ2v) is 5.27. The van der Waals surface area contributed by atoms with E-state index in [0.29, 0.717) is 5.56 Å². The molecule has 128 valence electrons. The topological polar surface area (TPSA) is 41.1 Å². The summed E-state index contributed by atoms with van der Waals surface area (Å²) in [4.78, 5) is 11.9. The van der Waals surface area contributed by atoms with Crippen molar-refractivity contribution in [2.24, 2.45) is 0 Å². The molecule has 0 radical (unpaired) electrons. The summed E-state index contributed by atoms with van der Waals surface area (Å²) in [5, 5.41) is 4.60. The largest absolute Gasteiger partial charge is 0.407 e.